The second kappa shape index (κ2) is 10.4. The molecule has 0 heterocycles. The molecule has 0 fully saturated rings. The van der Waals surface area contributed by atoms with Gasteiger partial charge in [0.1, 0.15) is 18.1 Å². The number of methoxy groups -OCH3 is 1. The Kier molecular flexibility index (Phi) is 7.66. The molecule has 9 nitrogen and oxygen atoms in total. The monoisotopic (exact) mass is 403 g/mol. The number of hydrogen-bond acceptors (Lipinski definition) is 6. The van der Waals surface area contributed by atoms with Crippen molar-refractivity contribution in [2.24, 2.45) is 0 Å². The second-order valence-electron chi connectivity index (χ2n) is 5.53. The van der Waals surface area contributed by atoms with E-state index in [2.05, 4.69) is 15.4 Å². The van der Waals surface area contributed by atoms with Gasteiger partial charge in [0.2, 0.25) is 0 Å². The number of carbonyl (C=O) groups is 4. The number of carbonyl (C=O) groups excluding carboxylic acids is 4. The Hall–Kier alpha value is -3.95. The number of anilines is 1. The Labute approximate surface area is 165 Å². The third kappa shape index (κ3) is 6.61. The number of urea groups is 1. The zero-order chi connectivity index (χ0) is 21.2. The second-order valence-corrected chi connectivity index (χ2v) is 5.53. The molecular formula is C19H18FN3O6. The van der Waals surface area contributed by atoms with E-state index in [0.29, 0.717) is 5.75 Å². The summed E-state index contributed by atoms with van der Waals surface area (Å²) < 4.78 is 23.1. The average Bonchev–Trinajstić information content (AvgIpc) is 2.72. The first-order chi connectivity index (χ1) is 13.9. The number of para-hydroxylation sites is 2. The number of imide groups is 1. The molecule has 4 amide bonds. The van der Waals surface area contributed by atoms with Gasteiger partial charge < -0.3 is 20.1 Å². The van der Waals surface area contributed by atoms with Gasteiger partial charge in [-0.25, -0.2) is 9.18 Å². The summed E-state index contributed by atoms with van der Waals surface area (Å²) in [5, 5.41) is 6.35. The zero-order valence-electron chi connectivity index (χ0n) is 15.4. The first kappa shape index (κ1) is 21.4. The Morgan fingerprint density at radius 1 is 1.00 bits per heavy atom. The molecule has 29 heavy (non-hydrogen) atoms. The lowest BCUT2D eigenvalue weighted by molar-refractivity contribution is -0.147. The maximum atomic E-state index is 13.4. The van der Waals surface area contributed by atoms with Crippen LogP contribution in [0.2, 0.25) is 0 Å². The van der Waals surface area contributed by atoms with Crippen LogP contribution < -0.4 is 20.7 Å². The number of esters is 1. The fraction of sp³-hybridized carbons (Fsp3) is 0.158. The molecule has 0 aliphatic heterocycles. The Balaban J connectivity index is 1.73. The molecule has 152 valence electrons. The van der Waals surface area contributed by atoms with Gasteiger partial charge in [-0.05, 0) is 24.3 Å². The minimum Gasteiger partial charge on any atom is -0.496 e. The van der Waals surface area contributed by atoms with E-state index < -0.39 is 42.8 Å². The molecule has 0 aromatic heterocycles. The van der Waals surface area contributed by atoms with Crippen molar-refractivity contribution in [3.63, 3.8) is 0 Å². The van der Waals surface area contributed by atoms with Gasteiger partial charge in [0.15, 0.2) is 6.61 Å². The van der Waals surface area contributed by atoms with E-state index in [0.717, 1.165) is 6.07 Å². The smallest absolute Gasteiger partial charge is 0.326 e. The summed E-state index contributed by atoms with van der Waals surface area (Å²) in [5.41, 5.74) is 0.110. The van der Waals surface area contributed by atoms with E-state index in [4.69, 9.17) is 4.74 Å². The number of hydrogen-bond donors (Lipinski definition) is 3. The summed E-state index contributed by atoms with van der Waals surface area (Å²) in [4.78, 5) is 47.0. The molecule has 0 bridgehead atoms. The predicted octanol–water partition coefficient (Wildman–Crippen LogP) is 1.46. The molecule has 0 saturated heterocycles. The normalized spacial score (nSPS) is 9.86. The van der Waals surface area contributed by atoms with E-state index in [1.54, 1.807) is 18.2 Å². The lowest BCUT2D eigenvalue weighted by atomic mass is 10.2. The topological polar surface area (TPSA) is 123 Å². The summed E-state index contributed by atoms with van der Waals surface area (Å²) in [6, 6.07) is 10.8. The van der Waals surface area contributed by atoms with Gasteiger partial charge in [-0.3, -0.25) is 19.7 Å². The van der Waals surface area contributed by atoms with E-state index in [9.17, 15) is 23.6 Å². The van der Waals surface area contributed by atoms with Gasteiger partial charge in [-0.1, -0.05) is 24.3 Å². The van der Waals surface area contributed by atoms with Crippen LogP contribution in [0.1, 0.15) is 10.4 Å². The Morgan fingerprint density at radius 2 is 1.69 bits per heavy atom. The highest BCUT2D eigenvalue weighted by atomic mass is 19.1. The third-order valence-electron chi connectivity index (χ3n) is 3.48. The Morgan fingerprint density at radius 3 is 2.41 bits per heavy atom. The van der Waals surface area contributed by atoms with Crippen LogP contribution in [0.4, 0.5) is 14.9 Å². The van der Waals surface area contributed by atoms with Gasteiger partial charge in [-0.2, -0.15) is 0 Å². The van der Waals surface area contributed by atoms with Crippen molar-refractivity contribution < 1.29 is 33.0 Å². The van der Waals surface area contributed by atoms with Crippen LogP contribution in [-0.2, 0) is 14.3 Å². The van der Waals surface area contributed by atoms with Crippen LogP contribution in [0.3, 0.4) is 0 Å². The molecule has 0 atom stereocenters. The van der Waals surface area contributed by atoms with Crippen LogP contribution in [0.5, 0.6) is 5.75 Å². The standard InChI is InChI=1S/C19H18FN3O6/c1-28-15-9-5-2-6-12(15)18(26)21-10-17(25)29-11-16(24)23-19(27)22-14-8-4-3-7-13(14)20/h2-9H,10-11H2,1H3,(H,21,26)(H2,22,23,24,27). The van der Waals surface area contributed by atoms with E-state index in [-0.39, 0.29) is 11.3 Å². The maximum absolute atomic E-state index is 13.4. The highest BCUT2D eigenvalue weighted by Crippen LogP contribution is 2.16. The van der Waals surface area contributed by atoms with Gasteiger partial charge >= 0.3 is 12.0 Å². The molecule has 2 aromatic rings. The van der Waals surface area contributed by atoms with Crippen molar-refractivity contribution in [2.75, 3.05) is 25.6 Å². The zero-order valence-corrected chi connectivity index (χ0v) is 15.4. The van der Waals surface area contributed by atoms with Gasteiger partial charge in [0, 0.05) is 0 Å². The Bertz CT molecular complexity index is 918. The van der Waals surface area contributed by atoms with Gasteiger partial charge in [0.05, 0.1) is 18.4 Å². The molecule has 0 unspecified atom stereocenters. The van der Waals surface area contributed by atoms with E-state index in [1.165, 1.54) is 31.4 Å². The fourth-order valence-corrected chi connectivity index (χ4v) is 2.16. The predicted molar refractivity (Wildman–Crippen MR) is 99.8 cm³/mol. The van der Waals surface area contributed by atoms with Crippen molar-refractivity contribution in [1.29, 1.82) is 0 Å². The number of benzene rings is 2. The molecule has 0 radical (unpaired) electrons. The van der Waals surface area contributed by atoms with Crippen LogP contribution in [0, 0.1) is 5.82 Å². The van der Waals surface area contributed by atoms with Crippen LogP contribution in [0.25, 0.3) is 0 Å². The largest absolute Gasteiger partial charge is 0.496 e. The first-order valence-corrected chi connectivity index (χ1v) is 8.33. The number of nitrogens with one attached hydrogen (secondary N) is 3. The van der Waals surface area contributed by atoms with Crippen molar-refractivity contribution in [1.82, 2.24) is 10.6 Å². The molecule has 2 aromatic carbocycles. The SMILES string of the molecule is COc1ccccc1C(=O)NCC(=O)OCC(=O)NC(=O)Nc1ccccc1F. The fourth-order valence-electron chi connectivity index (χ4n) is 2.16. The van der Waals surface area contributed by atoms with Crippen molar-refractivity contribution in [3.8, 4) is 5.75 Å². The molecule has 0 aliphatic carbocycles. The van der Waals surface area contributed by atoms with Crippen LogP contribution in [0.15, 0.2) is 48.5 Å². The minimum absolute atomic E-state index is 0.117. The molecule has 0 saturated carbocycles. The molecule has 2 rings (SSSR count). The van der Waals surface area contributed by atoms with Gasteiger partial charge in [-0.15, -0.1) is 0 Å². The quantitative estimate of drug-likeness (QED) is 0.602. The highest BCUT2D eigenvalue weighted by Gasteiger charge is 2.15. The van der Waals surface area contributed by atoms with E-state index >= 15 is 0 Å². The summed E-state index contributed by atoms with van der Waals surface area (Å²) in [5.74, 6) is -2.72. The lowest BCUT2D eigenvalue weighted by Gasteiger charge is -2.10. The number of amides is 4. The van der Waals surface area contributed by atoms with E-state index in [1.807, 2.05) is 5.32 Å². The highest BCUT2D eigenvalue weighted by molar-refractivity contribution is 6.02. The lowest BCUT2D eigenvalue weighted by Crippen LogP contribution is -2.38. The third-order valence-corrected chi connectivity index (χ3v) is 3.48. The molecule has 3 N–H and O–H groups in total. The maximum Gasteiger partial charge on any atom is 0.326 e. The molecular weight excluding hydrogens is 385 g/mol. The van der Waals surface area contributed by atoms with Crippen LogP contribution in [-0.4, -0.2) is 44.1 Å². The summed E-state index contributed by atoms with van der Waals surface area (Å²) >= 11 is 0. The van der Waals surface area contributed by atoms with Crippen molar-refractivity contribution in [3.05, 3.63) is 59.9 Å². The van der Waals surface area contributed by atoms with Crippen molar-refractivity contribution in [2.45, 2.75) is 0 Å². The molecule has 10 heteroatoms. The number of halogens is 1. The summed E-state index contributed by atoms with van der Waals surface area (Å²) in [6.07, 6.45) is 0. The summed E-state index contributed by atoms with van der Waals surface area (Å²) in [6.45, 7) is -1.25. The first-order valence-electron chi connectivity index (χ1n) is 8.33. The number of rotatable bonds is 7. The molecule has 0 aliphatic rings. The number of ether oxygens (including phenoxy) is 2. The molecule has 0 spiro atoms. The average molecular weight is 403 g/mol. The van der Waals surface area contributed by atoms with Crippen molar-refractivity contribution >= 4 is 29.5 Å². The minimum atomic E-state index is -0.986. The summed E-state index contributed by atoms with van der Waals surface area (Å²) in [7, 11) is 1.40. The van der Waals surface area contributed by atoms with Crippen LogP contribution >= 0.6 is 0 Å². The van der Waals surface area contributed by atoms with Gasteiger partial charge in [0.25, 0.3) is 11.8 Å².